The molecule has 0 saturated carbocycles. The molecule has 0 aliphatic heterocycles. The molecule has 0 aromatic carbocycles. The predicted octanol–water partition coefficient (Wildman–Crippen LogP) is 2.75. The molecule has 0 radical (unpaired) electrons. The average Bonchev–Trinajstić information content (AvgIpc) is 2.59. The van der Waals surface area contributed by atoms with Gasteiger partial charge in [-0.15, -0.1) is 0 Å². The van der Waals surface area contributed by atoms with Crippen molar-refractivity contribution >= 4 is 10.4 Å². The maximum atomic E-state index is 10.2. The van der Waals surface area contributed by atoms with E-state index in [1.807, 2.05) is 0 Å². The van der Waals surface area contributed by atoms with Crippen LogP contribution in [0, 0.1) is 0 Å². The van der Waals surface area contributed by atoms with Crippen molar-refractivity contribution in [1.82, 2.24) is 0 Å². The fourth-order valence-electron chi connectivity index (χ4n) is 2.97. The predicted molar refractivity (Wildman–Crippen MR) is 106 cm³/mol. The van der Waals surface area contributed by atoms with E-state index in [9.17, 15) is 13.0 Å². The van der Waals surface area contributed by atoms with Crippen molar-refractivity contribution in [2.45, 2.75) is 110 Å². The Morgan fingerprint density at radius 2 is 0.926 bits per heavy atom. The first-order valence-electron chi connectivity index (χ1n) is 10.7. The second-order valence-electron chi connectivity index (χ2n) is 7.15. The standard InChI is InChI=1S/C20H42O5S.Li/c1-2-3-4-5-6-7-8-9-10-11-12-13-14-15-18-24-19-16-17-20-25-26(21,22)23;/h2-20H2,1H3,(H,21,22,23);/q;+1/p-1. The van der Waals surface area contributed by atoms with Crippen LogP contribution in [0.5, 0.6) is 0 Å². The monoisotopic (exact) mass is 400 g/mol. The summed E-state index contributed by atoms with van der Waals surface area (Å²) in [5, 5.41) is 0. The molecule has 0 unspecified atom stereocenters. The van der Waals surface area contributed by atoms with Crippen LogP contribution < -0.4 is 18.9 Å². The van der Waals surface area contributed by atoms with Crippen LogP contribution in [0.25, 0.3) is 0 Å². The van der Waals surface area contributed by atoms with E-state index >= 15 is 0 Å². The maximum absolute atomic E-state index is 10.2. The summed E-state index contributed by atoms with van der Waals surface area (Å²) >= 11 is 0. The van der Waals surface area contributed by atoms with Gasteiger partial charge in [-0.3, -0.25) is 4.18 Å². The molecule has 0 atom stereocenters. The van der Waals surface area contributed by atoms with Crippen molar-refractivity contribution in [1.29, 1.82) is 0 Å². The normalized spacial score (nSPS) is 11.5. The Kier molecular flexibility index (Phi) is 24.9. The summed E-state index contributed by atoms with van der Waals surface area (Å²) in [6.07, 6.45) is 20.1. The van der Waals surface area contributed by atoms with Gasteiger partial charge >= 0.3 is 18.9 Å². The molecular weight excluding hydrogens is 359 g/mol. The van der Waals surface area contributed by atoms with Crippen molar-refractivity contribution in [2.24, 2.45) is 0 Å². The summed E-state index contributed by atoms with van der Waals surface area (Å²) in [6, 6.07) is 0. The van der Waals surface area contributed by atoms with Gasteiger partial charge in [-0.1, -0.05) is 90.4 Å². The Morgan fingerprint density at radius 1 is 0.593 bits per heavy atom. The Balaban J connectivity index is 0. The molecule has 5 nitrogen and oxygen atoms in total. The summed E-state index contributed by atoms with van der Waals surface area (Å²) in [5.74, 6) is 0. The molecule has 0 heterocycles. The third kappa shape index (κ3) is 28.7. The first-order chi connectivity index (χ1) is 12.6. The molecule has 0 amide bonds. The van der Waals surface area contributed by atoms with E-state index in [4.69, 9.17) is 4.74 Å². The molecule has 0 saturated heterocycles. The minimum atomic E-state index is -4.54. The molecule has 158 valence electrons. The minimum absolute atomic E-state index is 0. The summed E-state index contributed by atoms with van der Waals surface area (Å²) in [4.78, 5) is 0. The van der Waals surface area contributed by atoms with Crippen LogP contribution in [-0.2, 0) is 19.3 Å². The molecule has 0 spiro atoms. The topological polar surface area (TPSA) is 75.7 Å². The summed E-state index contributed by atoms with van der Waals surface area (Å²) in [7, 11) is -4.54. The van der Waals surface area contributed by atoms with Crippen LogP contribution in [0.15, 0.2) is 0 Å². The van der Waals surface area contributed by atoms with Gasteiger partial charge in [-0.2, -0.15) is 0 Å². The third-order valence-corrected chi connectivity index (χ3v) is 5.01. The fraction of sp³-hybridized carbons (Fsp3) is 1.00. The number of rotatable bonds is 21. The van der Waals surface area contributed by atoms with Crippen molar-refractivity contribution in [3.05, 3.63) is 0 Å². The zero-order chi connectivity index (χ0) is 19.3. The number of hydrogen-bond acceptors (Lipinski definition) is 5. The van der Waals surface area contributed by atoms with Crippen LogP contribution in [0.3, 0.4) is 0 Å². The smallest absolute Gasteiger partial charge is 0.726 e. The molecule has 0 aliphatic rings. The molecular formula is C20H41LiO5S. The molecule has 0 aromatic rings. The van der Waals surface area contributed by atoms with Crippen LogP contribution >= 0.6 is 0 Å². The molecule has 7 heteroatoms. The van der Waals surface area contributed by atoms with Gasteiger partial charge < -0.3 is 9.29 Å². The van der Waals surface area contributed by atoms with Gasteiger partial charge in [0.1, 0.15) is 0 Å². The molecule has 0 aromatic heterocycles. The maximum Gasteiger partial charge on any atom is 1.00 e. The molecule has 27 heavy (non-hydrogen) atoms. The van der Waals surface area contributed by atoms with E-state index in [0.717, 1.165) is 13.0 Å². The number of unbranched alkanes of at least 4 members (excludes halogenated alkanes) is 14. The molecule has 0 fully saturated rings. The third-order valence-electron chi connectivity index (χ3n) is 4.55. The van der Waals surface area contributed by atoms with E-state index in [1.165, 1.54) is 83.5 Å². The quantitative estimate of drug-likeness (QED) is 0.128. The zero-order valence-corrected chi connectivity index (χ0v) is 18.7. The van der Waals surface area contributed by atoms with E-state index in [-0.39, 0.29) is 25.5 Å². The summed E-state index contributed by atoms with van der Waals surface area (Å²) < 4.78 is 40.3. The van der Waals surface area contributed by atoms with E-state index < -0.39 is 10.4 Å². The Morgan fingerprint density at radius 3 is 1.33 bits per heavy atom. The van der Waals surface area contributed by atoms with E-state index in [0.29, 0.717) is 19.4 Å². The second-order valence-corrected chi connectivity index (χ2v) is 8.20. The molecule has 0 aliphatic carbocycles. The number of hydrogen-bond donors (Lipinski definition) is 0. The van der Waals surface area contributed by atoms with Crippen LogP contribution in [0.1, 0.15) is 110 Å². The van der Waals surface area contributed by atoms with Gasteiger partial charge in [0, 0.05) is 13.2 Å². The first-order valence-corrected chi connectivity index (χ1v) is 12.1. The van der Waals surface area contributed by atoms with Gasteiger partial charge in [0.25, 0.3) is 0 Å². The Bertz CT molecular complexity index is 377. The van der Waals surface area contributed by atoms with Gasteiger partial charge in [-0.05, 0) is 19.3 Å². The number of ether oxygens (including phenoxy) is 1. The summed E-state index contributed by atoms with van der Waals surface area (Å²) in [5.41, 5.74) is 0. The zero-order valence-electron chi connectivity index (χ0n) is 17.9. The van der Waals surface area contributed by atoms with Gasteiger partial charge in [0.15, 0.2) is 0 Å². The van der Waals surface area contributed by atoms with E-state index in [2.05, 4.69) is 11.1 Å². The van der Waals surface area contributed by atoms with Gasteiger partial charge in [0.05, 0.1) is 6.61 Å². The van der Waals surface area contributed by atoms with Crippen molar-refractivity contribution in [3.8, 4) is 0 Å². The minimum Gasteiger partial charge on any atom is -0.726 e. The summed E-state index contributed by atoms with van der Waals surface area (Å²) in [6.45, 7) is 3.58. The van der Waals surface area contributed by atoms with Crippen molar-refractivity contribution in [3.63, 3.8) is 0 Å². The Hall–Kier alpha value is 0.427. The molecule has 0 rings (SSSR count). The SMILES string of the molecule is CCCCCCCCCCCCCCCCOCCCCOS(=O)(=O)[O-].[Li+]. The second kappa shape index (κ2) is 22.7. The molecule has 0 bridgehead atoms. The van der Waals surface area contributed by atoms with Crippen LogP contribution in [0.4, 0.5) is 0 Å². The van der Waals surface area contributed by atoms with E-state index in [1.54, 1.807) is 0 Å². The Labute approximate surface area is 180 Å². The molecule has 0 N–H and O–H groups in total. The fourth-order valence-corrected chi connectivity index (χ4v) is 3.29. The average molecular weight is 401 g/mol. The van der Waals surface area contributed by atoms with Crippen molar-refractivity contribution in [2.75, 3.05) is 19.8 Å². The van der Waals surface area contributed by atoms with Crippen LogP contribution in [0.2, 0.25) is 0 Å². The largest absolute Gasteiger partial charge is 1.00 e. The van der Waals surface area contributed by atoms with Crippen molar-refractivity contribution < 1.29 is 40.8 Å². The van der Waals surface area contributed by atoms with Crippen LogP contribution in [-0.4, -0.2) is 32.8 Å². The van der Waals surface area contributed by atoms with Gasteiger partial charge in [0.2, 0.25) is 10.4 Å². The first kappa shape index (κ1) is 29.6. The van der Waals surface area contributed by atoms with Gasteiger partial charge in [-0.25, -0.2) is 8.42 Å².